The van der Waals surface area contributed by atoms with E-state index in [4.69, 9.17) is 16.3 Å². The Morgan fingerprint density at radius 2 is 1.97 bits per heavy atom. The van der Waals surface area contributed by atoms with Gasteiger partial charge in [-0.25, -0.2) is 0 Å². The molecule has 1 atom stereocenters. The molecule has 9 nitrogen and oxygen atoms in total. The number of nitrogens with one attached hydrogen (secondary N) is 2. The number of carbonyl (C=O) groups is 4. The number of hydrogen-bond donors (Lipinski definition) is 2. The first-order valence-corrected chi connectivity index (χ1v) is 12.7. The predicted octanol–water partition coefficient (Wildman–Crippen LogP) is 2.22. The Bertz CT molecular complexity index is 938. The maximum atomic E-state index is 13.0. The summed E-state index contributed by atoms with van der Waals surface area (Å²) in [5.41, 5.74) is 0.342. The van der Waals surface area contributed by atoms with E-state index in [1.54, 1.807) is 28.0 Å². The third-order valence-corrected chi connectivity index (χ3v) is 6.59. The highest BCUT2D eigenvalue weighted by atomic mass is 35.5. The van der Waals surface area contributed by atoms with Crippen molar-refractivity contribution in [1.82, 2.24) is 20.4 Å². The zero-order valence-electron chi connectivity index (χ0n) is 20.5. The molecule has 0 aliphatic carbocycles. The summed E-state index contributed by atoms with van der Waals surface area (Å²) in [6.07, 6.45) is 2.78. The van der Waals surface area contributed by atoms with Gasteiger partial charge in [0.25, 0.3) is 5.91 Å². The first kappa shape index (κ1) is 26.8. The predicted molar refractivity (Wildman–Crippen MR) is 132 cm³/mol. The van der Waals surface area contributed by atoms with Crippen LogP contribution in [0.15, 0.2) is 18.2 Å². The fourth-order valence-corrected chi connectivity index (χ4v) is 4.33. The van der Waals surface area contributed by atoms with Crippen LogP contribution in [0, 0.1) is 5.92 Å². The molecule has 2 aliphatic rings. The topological polar surface area (TPSA) is 108 Å². The van der Waals surface area contributed by atoms with Crippen molar-refractivity contribution in [2.45, 2.75) is 52.0 Å². The monoisotopic (exact) mass is 506 g/mol. The van der Waals surface area contributed by atoms with Gasteiger partial charge in [0.2, 0.25) is 17.7 Å². The zero-order valence-corrected chi connectivity index (χ0v) is 21.2. The summed E-state index contributed by atoms with van der Waals surface area (Å²) in [4.78, 5) is 53.7. The van der Waals surface area contributed by atoms with E-state index in [9.17, 15) is 19.2 Å². The van der Waals surface area contributed by atoms with Crippen LogP contribution in [0.5, 0.6) is 5.75 Å². The van der Waals surface area contributed by atoms with Crippen LogP contribution in [0.1, 0.15) is 56.3 Å². The summed E-state index contributed by atoms with van der Waals surface area (Å²) in [7, 11) is 0. The van der Waals surface area contributed by atoms with E-state index in [0.717, 1.165) is 6.42 Å². The number of rotatable bonds is 4. The van der Waals surface area contributed by atoms with Crippen LogP contribution in [-0.2, 0) is 14.4 Å². The van der Waals surface area contributed by atoms with Crippen molar-refractivity contribution >= 4 is 35.2 Å². The van der Waals surface area contributed by atoms with Gasteiger partial charge in [-0.3, -0.25) is 19.2 Å². The summed E-state index contributed by atoms with van der Waals surface area (Å²) in [5, 5.41) is 6.29. The van der Waals surface area contributed by atoms with Crippen molar-refractivity contribution in [3.63, 3.8) is 0 Å². The molecule has 1 saturated heterocycles. The van der Waals surface area contributed by atoms with E-state index in [-0.39, 0.29) is 55.2 Å². The molecule has 0 unspecified atom stereocenters. The molecule has 3 rings (SSSR count). The maximum absolute atomic E-state index is 13.0. The number of carbonyl (C=O) groups excluding carboxylic acids is 4. The summed E-state index contributed by atoms with van der Waals surface area (Å²) in [6.45, 7) is 5.88. The minimum atomic E-state index is -0.321. The lowest BCUT2D eigenvalue weighted by Gasteiger charge is -2.27. The molecule has 35 heavy (non-hydrogen) atoms. The lowest BCUT2D eigenvalue weighted by molar-refractivity contribution is -0.137. The molecule has 0 saturated carbocycles. The average Bonchev–Trinajstić information content (AvgIpc) is 3.23. The third kappa shape index (κ3) is 7.85. The molecule has 0 aromatic heterocycles. The van der Waals surface area contributed by atoms with Crippen LogP contribution in [0.25, 0.3) is 0 Å². The summed E-state index contributed by atoms with van der Waals surface area (Å²) in [6, 6.07) is 4.56. The first-order chi connectivity index (χ1) is 16.7. The number of benzene rings is 1. The van der Waals surface area contributed by atoms with Crippen LogP contribution in [0.3, 0.4) is 0 Å². The van der Waals surface area contributed by atoms with Gasteiger partial charge in [-0.15, -0.1) is 0 Å². The van der Waals surface area contributed by atoms with Gasteiger partial charge in [-0.2, -0.15) is 0 Å². The molecule has 1 aromatic carbocycles. The number of halogens is 1. The second-order valence-corrected chi connectivity index (χ2v) is 9.82. The molecule has 0 bridgehead atoms. The Morgan fingerprint density at radius 1 is 1.17 bits per heavy atom. The van der Waals surface area contributed by atoms with Crippen molar-refractivity contribution < 1.29 is 23.9 Å². The van der Waals surface area contributed by atoms with Crippen molar-refractivity contribution in [2.75, 3.05) is 39.3 Å². The molecular formula is C25H35ClN4O5. The van der Waals surface area contributed by atoms with Gasteiger partial charge in [0.1, 0.15) is 12.4 Å². The van der Waals surface area contributed by atoms with Crippen LogP contribution in [0.2, 0.25) is 5.02 Å². The number of amides is 4. The number of fused-ring (bicyclic) bond motifs is 1. The van der Waals surface area contributed by atoms with Gasteiger partial charge in [0.15, 0.2) is 0 Å². The van der Waals surface area contributed by atoms with Gasteiger partial charge >= 0.3 is 0 Å². The zero-order chi connectivity index (χ0) is 25.4. The van der Waals surface area contributed by atoms with Crippen LogP contribution >= 0.6 is 11.6 Å². The first-order valence-electron chi connectivity index (χ1n) is 12.3. The molecule has 1 aromatic rings. The van der Waals surface area contributed by atoms with Gasteiger partial charge in [0.05, 0.1) is 18.2 Å². The van der Waals surface area contributed by atoms with E-state index in [1.807, 2.05) is 13.8 Å². The smallest absolute Gasteiger partial charge is 0.255 e. The van der Waals surface area contributed by atoms with E-state index in [0.29, 0.717) is 61.8 Å². The van der Waals surface area contributed by atoms with Gasteiger partial charge < -0.3 is 25.2 Å². The molecule has 2 N–H and O–H groups in total. The number of likely N-dealkylation sites (tertiary alicyclic amines) is 1. The Balaban J connectivity index is 1.71. The fraction of sp³-hybridized carbons (Fsp3) is 0.600. The van der Waals surface area contributed by atoms with E-state index in [2.05, 4.69) is 10.6 Å². The minimum absolute atomic E-state index is 0.0598. The highest BCUT2D eigenvalue weighted by Crippen LogP contribution is 2.24. The third-order valence-electron chi connectivity index (χ3n) is 6.35. The molecule has 192 valence electrons. The molecule has 10 heteroatoms. The largest absolute Gasteiger partial charge is 0.491 e. The van der Waals surface area contributed by atoms with Crippen molar-refractivity contribution in [3.8, 4) is 5.75 Å². The highest BCUT2D eigenvalue weighted by molar-refractivity contribution is 6.31. The van der Waals surface area contributed by atoms with E-state index < -0.39 is 0 Å². The number of nitrogens with zero attached hydrogens (tertiary/aromatic N) is 2. The highest BCUT2D eigenvalue weighted by Gasteiger charge is 2.25. The Hall–Kier alpha value is -2.81. The SMILES string of the molecule is CC(C)[C@H]1COc2ccc(Cl)cc2C(=O)NCCCCN(C(=O)CCN2CCCC2=O)CC(=O)N1. The fourth-order valence-electron chi connectivity index (χ4n) is 4.16. The molecule has 0 spiro atoms. The lowest BCUT2D eigenvalue weighted by atomic mass is 10.1. The second-order valence-electron chi connectivity index (χ2n) is 9.38. The molecule has 2 aliphatic heterocycles. The van der Waals surface area contributed by atoms with E-state index in [1.165, 1.54) is 0 Å². The Labute approximate surface area is 211 Å². The van der Waals surface area contributed by atoms with Crippen molar-refractivity contribution in [3.05, 3.63) is 28.8 Å². The Morgan fingerprint density at radius 3 is 2.69 bits per heavy atom. The number of hydrogen-bond acceptors (Lipinski definition) is 5. The Kier molecular flexibility index (Phi) is 9.77. The summed E-state index contributed by atoms with van der Waals surface area (Å²) in [5.74, 6) is -0.179. The maximum Gasteiger partial charge on any atom is 0.255 e. The second kappa shape index (κ2) is 12.8. The quantitative estimate of drug-likeness (QED) is 0.651. The van der Waals surface area contributed by atoms with Crippen molar-refractivity contribution in [1.29, 1.82) is 0 Å². The van der Waals surface area contributed by atoms with Crippen molar-refractivity contribution in [2.24, 2.45) is 5.92 Å². The summed E-state index contributed by atoms with van der Waals surface area (Å²) < 4.78 is 5.94. The minimum Gasteiger partial charge on any atom is -0.491 e. The van der Waals surface area contributed by atoms with Crippen LogP contribution in [-0.4, -0.2) is 78.8 Å². The lowest BCUT2D eigenvalue weighted by Crippen LogP contribution is -2.48. The van der Waals surface area contributed by atoms with Gasteiger partial charge in [-0.05, 0) is 43.4 Å². The van der Waals surface area contributed by atoms with Crippen LogP contribution < -0.4 is 15.4 Å². The normalized spacial score (nSPS) is 20.5. The van der Waals surface area contributed by atoms with Gasteiger partial charge in [-0.1, -0.05) is 25.4 Å². The molecule has 1 fully saturated rings. The van der Waals surface area contributed by atoms with E-state index >= 15 is 0 Å². The average molecular weight is 507 g/mol. The molecular weight excluding hydrogens is 472 g/mol. The number of ether oxygens (including phenoxy) is 1. The van der Waals surface area contributed by atoms with Gasteiger partial charge in [0, 0.05) is 44.0 Å². The summed E-state index contributed by atoms with van der Waals surface area (Å²) >= 11 is 6.10. The standard InChI is InChI=1S/C25H35ClN4O5/c1-17(2)20-16-35-21-8-7-18(26)14-19(21)25(34)27-10-3-4-11-30(15-22(31)28-20)24(33)9-13-29-12-5-6-23(29)32/h7-8,14,17,20H,3-6,9-13,15-16H2,1-2H3,(H,27,34)(H,28,31)/t20-/m1/s1. The molecule has 0 radical (unpaired) electrons. The molecule has 2 heterocycles. The van der Waals surface area contributed by atoms with Crippen LogP contribution in [0.4, 0.5) is 0 Å². The molecule has 4 amide bonds.